The van der Waals surface area contributed by atoms with E-state index in [2.05, 4.69) is 4.98 Å². The maximum atomic E-state index is 12.9. The number of aromatic nitrogens is 1. The zero-order chi connectivity index (χ0) is 19.1. The summed E-state index contributed by atoms with van der Waals surface area (Å²) in [5.41, 5.74) is 0.449. The van der Waals surface area contributed by atoms with Crippen molar-refractivity contribution in [2.75, 3.05) is 59.6 Å². The van der Waals surface area contributed by atoms with Crippen molar-refractivity contribution in [1.82, 2.24) is 19.7 Å². The number of ether oxygens (including phenoxy) is 2. The van der Waals surface area contributed by atoms with Gasteiger partial charge in [0.1, 0.15) is 12.2 Å². The second kappa shape index (κ2) is 9.55. The Morgan fingerprint density at radius 2 is 1.63 bits per heavy atom. The molecule has 0 aromatic carbocycles. The van der Waals surface area contributed by atoms with Crippen LogP contribution in [0.3, 0.4) is 0 Å². The number of amides is 3. The summed E-state index contributed by atoms with van der Waals surface area (Å²) in [6.07, 6.45) is 4.97. The van der Waals surface area contributed by atoms with Gasteiger partial charge in [-0.2, -0.15) is 0 Å². The molecule has 8 nitrogen and oxygen atoms in total. The molecule has 2 aliphatic rings. The van der Waals surface area contributed by atoms with Crippen LogP contribution in [0.25, 0.3) is 0 Å². The van der Waals surface area contributed by atoms with E-state index in [1.54, 1.807) is 30.3 Å². The number of methoxy groups -OCH3 is 1. The molecule has 0 spiro atoms. The Morgan fingerprint density at radius 1 is 0.963 bits per heavy atom. The van der Waals surface area contributed by atoms with Crippen LogP contribution in [0.15, 0.2) is 18.3 Å². The summed E-state index contributed by atoms with van der Waals surface area (Å²) in [6, 6.07) is 3.56. The summed E-state index contributed by atoms with van der Waals surface area (Å²) in [4.78, 5) is 35.2. The van der Waals surface area contributed by atoms with E-state index in [1.165, 1.54) is 6.42 Å². The normalized spacial score (nSPS) is 17.7. The lowest BCUT2D eigenvalue weighted by Gasteiger charge is -2.38. The van der Waals surface area contributed by atoms with E-state index in [1.807, 2.05) is 9.80 Å². The third kappa shape index (κ3) is 4.88. The molecular weight excluding hydrogens is 348 g/mol. The molecule has 2 fully saturated rings. The van der Waals surface area contributed by atoms with Crippen molar-refractivity contribution in [3.05, 3.63) is 23.9 Å². The molecule has 0 unspecified atom stereocenters. The first-order valence-electron chi connectivity index (χ1n) is 9.60. The number of hydrogen-bond acceptors (Lipinski definition) is 5. The van der Waals surface area contributed by atoms with Crippen LogP contribution in [0, 0.1) is 0 Å². The number of nitrogens with zero attached hydrogens (tertiary/aromatic N) is 4. The van der Waals surface area contributed by atoms with Gasteiger partial charge in [0.2, 0.25) is 5.88 Å². The van der Waals surface area contributed by atoms with Crippen molar-refractivity contribution in [2.24, 2.45) is 0 Å². The van der Waals surface area contributed by atoms with Gasteiger partial charge >= 0.3 is 6.03 Å². The molecule has 3 amide bonds. The molecule has 2 aliphatic heterocycles. The van der Waals surface area contributed by atoms with E-state index in [-0.39, 0.29) is 11.9 Å². The summed E-state index contributed by atoms with van der Waals surface area (Å²) in [5.74, 6) is 0.215. The fraction of sp³-hybridized carbons (Fsp3) is 0.632. The molecule has 148 valence electrons. The number of urea groups is 1. The average molecular weight is 376 g/mol. The maximum absolute atomic E-state index is 12.9. The van der Waals surface area contributed by atoms with E-state index >= 15 is 0 Å². The van der Waals surface area contributed by atoms with Crippen molar-refractivity contribution in [1.29, 1.82) is 0 Å². The molecule has 0 saturated carbocycles. The highest BCUT2D eigenvalue weighted by molar-refractivity contribution is 5.96. The van der Waals surface area contributed by atoms with Crippen molar-refractivity contribution in [3.63, 3.8) is 0 Å². The predicted octanol–water partition coefficient (Wildman–Crippen LogP) is 1.47. The first kappa shape index (κ1) is 19.4. The van der Waals surface area contributed by atoms with Gasteiger partial charge < -0.3 is 24.2 Å². The fourth-order valence-corrected chi connectivity index (χ4v) is 3.45. The molecule has 0 bridgehead atoms. The molecule has 1 aromatic rings. The van der Waals surface area contributed by atoms with Crippen LogP contribution in [0.2, 0.25) is 0 Å². The van der Waals surface area contributed by atoms with Gasteiger partial charge in [-0.15, -0.1) is 0 Å². The van der Waals surface area contributed by atoms with Gasteiger partial charge in [-0.3, -0.25) is 4.79 Å². The first-order valence-corrected chi connectivity index (χ1v) is 9.60. The number of carbonyl (C=O) groups excluding carboxylic acids is 2. The summed E-state index contributed by atoms with van der Waals surface area (Å²) in [6.45, 7) is 4.61. The SMILES string of the molecule is COCCOc1ncccc1C(=O)N1CCN(C(=O)N2CCCCC2)CC1. The van der Waals surface area contributed by atoms with E-state index < -0.39 is 0 Å². The highest BCUT2D eigenvalue weighted by atomic mass is 16.5. The van der Waals surface area contributed by atoms with Crippen LogP contribution in [0.1, 0.15) is 29.6 Å². The fourth-order valence-electron chi connectivity index (χ4n) is 3.45. The van der Waals surface area contributed by atoms with E-state index in [0.717, 1.165) is 25.9 Å². The third-order valence-corrected chi connectivity index (χ3v) is 4.99. The molecule has 0 atom stereocenters. The molecule has 8 heteroatoms. The molecule has 2 saturated heterocycles. The Kier molecular flexibility index (Phi) is 6.86. The zero-order valence-corrected chi connectivity index (χ0v) is 15.9. The summed E-state index contributed by atoms with van der Waals surface area (Å²) in [5, 5.41) is 0. The molecule has 1 aromatic heterocycles. The summed E-state index contributed by atoms with van der Waals surface area (Å²) in [7, 11) is 1.60. The van der Waals surface area contributed by atoms with Crippen LogP contribution in [-0.2, 0) is 4.74 Å². The van der Waals surface area contributed by atoms with Crippen molar-refractivity contribution < 1.29 is 19.1 Å². The van der Waals surface area contributed by atoms with Crippen LogP contribution >= 0.6 is 0 Å². The highest BCUT2D eigenvalue weighted by Crippen LogP contribution is 2.19. The largest absolute Gasteiger partial charge is 0.475 e. The topological polar surface area (TPSA) is 75.2 Å². The van der Waals surface area contributed by atoms with E-state index in [4.69, 9.17) is 9.47 Å². The smallest absolute Gasteiger partial charge is 0.320 e. The monoisotopic (exact) mass is 376 g/mol. The lowest BCUT2D eigenvalue weighted by atomic mass is 10.1. The Morgan fingerprint density at radius 3 is 2.33 bits per heavy atom. The number of piperidine rings is 1. The standard InChI is InChI=1S/C19H28N4O4/c1-26-14-15-27-17-16(6-5-7-20-17)18(24)21-10-12-23(13-11-21)19(25)22-8-3-2-4-9-22/h5-7H,2-4,8-15H2,1H3. The van der Waals surface area contributed by atoms with Gasteiger partial charge in [0.25, 0.3) is 5.91 Å². The number of pyridine rings is 1. The van der Waals surface area contributed by atoms with Crippen molar-refractivity contribution in [2.45, 2.75) is 19.3 Å². The van der Waals surface area contributed by atoms with Crippen LogP contribution < -0.4 is 4.74 Å². The van der Waals surface area contributed by atoms with Gasteiger partial charge in [-0.25, -0.2) is 9.78 Å². The number of likely N-dealkylation sites (tertiary alicyclic amines) is 1. The number of piperazine rings is 1. The quantitative estimate of drug-likeness (QED) is 0.728. The second-order valence-electron chi connectivity index (χ2n) is 6.81. The van der Waals surface area contributed by atoms with Gasteiger partial charge in [-0.1, -0.05) is 0 Å². The van der Waals surface area contributed by atoms with Crippen LogP contribution in [0.5, 0.6) is 5.88 Å². The summed E-state index contributed by atoms with van der Waals surface area (Å²) >= 11 is 0. The minimum absolute atomic E-state index is 0.103. The van der Waals surface area contributed by atoms with Gasteiger partial charge in [-0.05, 0) is 31.4 Å². The van der Waals surface area contributed by atoms with Gasteiger partial charge in [0.05, 0.1) is 6.61 Å². The van der Waals surface area contributed by atoms with Crippen molar-refractivity contribution in [3.8, 4) is 5.88 Å². The lowest BCUT2D eigenvalue weighted by Crippen LogP contribution is -2.54. The molecule has 3 rings (SSSR count). The second-order valence-corrected chi connectivity index (χ2v) is 6.81. The Hall–Kier alpha value is -2.35. The molecule has 0 radical (unpaired) electrons. The lowest BCUT2D eigenvalue weighted by molar-refractivity contribution is 0.0626. The number of carbonyl (C=O) groups is 2. The molecule has 0 N–H and O–H groups in total. The highest BCUT2D eigenvalue weighted by Gasteiger charge is 2.29. The molecule has 0 aliphatic carbocycles. The Labute approximate surface area is 160 Å². The zero-order valence-electron chi connectivity index (χ0n) is 15.9. The first-order chi connectivity index (χ1) is 13.2. The Balaban J connectivity index is 1.56. The average Bonchev–Trinajstić information content (AvgIpc) is 2.74. The van der Waals surface area contributed by atoms with Crippen LogP contribution in [-0.4, -0.2) is 91.2 Å². The molecule has 3 heterocycles. The molecular formula is C19H28N4O4. The Bertz CT molecular complexity index is 640. The van der Waals surface area contributed by atoms with Gasteiger partial charge in [0.15, 0.2) is 0 Å². The van der Waals surface area contributed by atoms with Crippen molar-refractivity contribution >= 4 is 11.9 Å². The van der Waals surface area contributed by atoms with E-state index in [9.17, 15) is 9.59 Å². The van der Waals surface area contributed by atoms with Crippen LogP contribution in [0.4, 0.5) is 4.79 Å². The van der Waals surface area contributed by atoms with E-state index in [0.29, 0.717) is 50.8 Å². The maximum Gasteiger partial charge on any atom is 0.320 e. The summed E-state index contributed by atoms with van der Waals surface area (Å²) < 4.78 is 10.5. The number of rotatable bonds is 5. The predicted molar refractivity (Wildman–Crippen MR) is 99.9 cm³/mol. The minimum atomic E-state index is -0.111. The third-order valence-electron chi connectivity index (χ3n) is 4.99. The van der Waals surface area contributed by atoms with Gasteiger partial charge in [0, 0.05) is 52.6 Å². The number of hydrogen-bond donors (Lipinski definition) is 0. The minimum Gasteiger partial charge on any atom is -0.475 e. The molecule has 27 heavy (non-hydrogen) atoms.